The zero-order chi connectivity index (χ0) is 14.9. The smallest absolute Gasteiger partial charge is 0.133 e. The molecule has 0 radical (unpaired) electrons. The first-order chi connectivity index (χ1) is 9.43. The Morgan fingerprint density at radius 3 is 2.45 bits per heavy atom. The van der Waals surface area contributed by atoms with Gasteiger partial charge >= 0.3 is 0 Å². The first-order valence-corrected chi connectivity index (χ1v) is 7.01. The van der Waals surface area contributed by atoms with E-state index in [1.165, 1.54) is 5.56 Å². The van der Waals surface area contributed by atoms with Crippen LogP contribution in [0.4, 0.5) is 0 Å². The molecule has 0 N–H and O–H groups in total. The van der Waals surface area contributed by atoms with Gasteiger partial charge < -0.3 is 4.74 Å². The second kappa shape index (κ2) is 5.80. The van der Waals surface area contributed by atoms with Crippen molar-refractivity contribution >= 4 is 11.6 Å². The summed E-state index contributed by atoms with van der Waals surface area (Å²) in [7, 11) is 1.68. The second-order valence-electron chi connectivity index (χ2n) is 5.18. The highest BCUT2D eigenvalue weighted by Crippen LogP contribution is 2.34. The standard InChI is InChI=1S/C16H19ClN2O/c1-9(2)16-18-13(8-14(17)19-16)12-7-6-10(3)11(4)15(12)20-5/h6-9H,1-5H3. The molecule has 1 aromatic heterocycles. The zero-order valence-corrected chi connectivity index (χ0v) is 13.2. The summed E-state index contributed by atoms with van der Waals surface area (Å²) in [5, 5.41) is 0.457. The number of hydrogen-bond donors (Lipinski definition) is 0. The van der Waals surface area contributed by atoms with E-state index in [-0.39, 0.29) is 5.92 Å². The van der Waals surface area contributed by atoms with E-state index < -0.39 is 0 Å². The number of rotatable bonds is 3. The van der Waals surface area contributed by atoms with Crippen LogP contribution in [-0.4, -0.2) is 17.1 Å². The number of aromatic nitrogens is 2. The fraction of sp³-hybridized carbons (Fsp3) is 0.375. The van der Waals surface area contributed by atoms with Gasteiger partial charge in [0.05, 0.1) is 12.8 Å². The third kappa shape index (κ3) is 2.78. The van der Waals surface area contributed by atoms with Crippen molar-refractivity contribution in [1.29, 1.82) is 0 Å². The summed E-state index contributed by atoms with van der Waals surface area (Å²) in [4.78, 5) is 8.87. The molecule has 106 valence electrons. The van der Waals surface area contributed by atoms with E-state index in [0.29, 0.717) is 5.15 Å². The number of nitrogens with zero attached hydrogens (tertiary/aromatic N) is 2. The molecule has 0 bridgehead atoms. The molecular weight excluding hydrogens is 272 g/mol. The molecule has 0 spiro atoms. The van der Waals surface area contributed by atoms with Crippen LogP contribution in [0.3, 0.4) is 0 Å². The second-order valence-corrected chi connectivity index (χ2v) is 5.56. The molecule has 0 fully saturated rings. The molecule has 0 aliphatic carbocycles. The highest BCUT2D eigenvalue weighted by molar-refractivity contribution is 6.29. The summed E-state index contributed by atoms with van der Waals surface area (Å²) in [5.74, 6) is 1.81. The number of ether oxygens (including phenoxy) is 1. The highest BCUT2D eigenvalue weighted by Gasteiger charge is 2.14. The normalized spacial score (nSPS) is 10.9. The van der Waals surface area contributed by atoms with Gasteiger partial charge in [0, 0.05) is 17.5 Å². The van der Waals surface area contributed by atoms with E-state index in [1.54, 1.807) is 13.2 Å². The van der Waals surface area contributed by atoms with Crippen molar-refractivity contribution in [2.24, 2.45) is 0 Å². The maximum Gasteiger partial charge on any atom is 0.133 e. The van der Waals surface area contributed by atoms with Crippen molar-refractivity contribution in [2.45, 2.75) is 33.6 Å². The van der Waals surface area contributed by atoms with Gasteiger partial charge in [-0.25, -0.2) is 9.97 Å². The van der Waals surface area contributed by atoms with Crippen LogP contribution in [0.5, 0.6) is 5.75 Å². The SMILES string of the molecule is COc1c(-c2cc(Cl)nc(C(C)C)n2)ccc(C)c1C. The van der Waals surface area contributed by atoms with Crippen molar-refractivity contribution < 1.29 is 4.74 Å². The minimum atomic E-state index is 0.227. The van der Waals surface area contributed by atoms with Gasteiger partial charge in [0.1, 0.15) is 16.7 Å². The number of aryl methyl sites for hydroxylation is 1. The Morgan fingerprint density at radius 1 is 1.15 bits per heavy atom. The van der Waals surface area contributed by atoms with Crippen LogP contribution in [0.25, 0.3) is 11.3 Å². The molecule has 0 atom stereocenters. The van der Waals surface area contributed by atoms with E-state index >= 15 is 0 Å². The highest BCUT2D eigenvalue weighted by atomic mass is 35.5. The lowest BCUT2D eigenvalue weighted by molar-refractivity contribution is 0.413. The van der Waals surface area contributed by atoms with E-state index in [2.05, 4.69) is 23.0 Å². The third-order valence-corrected chi connectivity index (χ3v) is 3.58. The van der Waals surface area contributed by atoms with Gasteiger partial charge in [0.25, 0.3) is 0 Å². The molecule has 0 aliphatic heterocycles. The maximum atomic E-state index is 6.12. The summed E-state index contributed by atoms with van der Waals surface area (Å²) < 4.78 is 5.55. The first kappa shape index (κ1) is 14.8. The van der Waals surface area contributed by atoms with Crippen molar-refractivity contribution in [3.63, 3.8) is 0 Å². The monoisotopic (exact) mass is 290 g/mol. The summed E-state index contributed by atoms with van der Waals surface area (Å²) in [6.45, 7) is 8.21. The Morgan fingerprint density at radius 2 is 1.85 bits per heavy atom. The summed E-state index contributed by atoms with van der Waals surface area (Å²) in [6.07, 6.45) is 0. The Labute approximate surface area is 125 Å². The minimum Gasteiger partial charge on any atom is -0.496 e. The van der Waals surface area contributed by atoms with E-state index in [4.69, 9.17) is 16.3 Å². The molecule has 2 rings (SSSR count). The minimum absolute atomic E-state index is 0.227. The number of halogens is 1. The zero-order valence-electron chi connectivity index (χ0n) is 12.5. The van der Waals surface area contributed by atoms with Gasteiger partial charge in [-0.1, -0.05) is 31.5 Å². The van der Waals surface area contributed by atoms with Gasteiger partial charge in [-0.3, -0.25) is 0 Å². The molecule has 1 heterocycles. The van der Waals surface area contributed by atoms with Gasteiger partial charge in [-0.05, 0) is 31.0 Å². The Hall–Kier alpha value is -1.61. The average molecular weight is 291 g/mol. The van der Waals surface area contributed by atoms with E-state index in [0.717, 1.165) is 28.4 Å². The van der Waals surface area contributed by atoms with Crippen LogP contribution >= 0.6 is 11.6 Å². The summed E-state index contributed by atoms with van der Waals surface area (Å²) >= 11 is 6.12. The number of hydrogen-bond acceptors (Lipinski definition) is 3. The Kier molecular flexibility index (Phi) is 4.29. The first-order valence-electron chi connectivity index (χ1n) is 6.63. The molecule has 0 saturated heterocycles. The van der Waals surface area contributed by atoms with E-state index in [9.17, 15) is 0 Å². The molecule has 3 nitrogen and oxygen atoms in total. The fourth-order valence-corrected chi connectivity index (χ4v) is 2.28. The van der Waals surface area contributed by atoms with Crippen LogP contribution in [0, 0.1) is 13.8 Å². The van der Waals surface area contributed by atoms with Crippen molar-refractivity contribution in [3.8, 4) is 17.0 Å². The topological polar surface area (TPSA) is 35.0 Å². The number of benzene rings is 1. The predicted octanol–water partition coefficient (Wildman–Crippen LogP) is 4.55. The van der Waals surface area contributed by atoms with Crippen LogP contribution < -0.4 is 4.74 Å². The van der Waals surface area contributed by atoms with Gasteiger partial charge in [-0.2, -0.15) is 0 Å². The molecule has 4 heteroatoms. The summed E-state index contributed by atoms with van der Waals surface area (Å²) in [6, 6.07) is 5.86. The Bertz CT molecular complexity index is 639. The molecule has 0 amide bonds. The molecule has 1 aromatic carbocycles. The quantitative estimate of drug-likeness (QED) is 0.778. The lowest BCUT2D eigenvalue weighted by atomic mass is 10.0. The van der Waals surface area contributed by atoms with Gasteiger partial charge in [0.15, 0.2) is 0 Å². The van der Waals surface area contributed by atoms with Gasteiger partial charge in [-0.15, -0.1) is 0 Å². The summed E-state index contributed by atoms with van der Waals surface area (Å²) in [5.41, 5.74) is 4.05. The van der Waals surface area contributed by atoms with Crippen LogP contribution in [0.2, 0.25) is 5.15 Å². The predicted molar refractivity (Wildman–Crippen MR) is 82.6 cm³/mol. The molecule has 20 heavy (non-hydrogen) atoms. The van der Waals surface area contributed by atoms with Crippen molar-refractivity contribution in [3.05, 3.63) is 40.3 Å². The molecule has 0 saturated carbocycles. The van der Waals surface area contributed by atoms with Crippen LogP contribution in [-0.2, 0) is 0 Å². The molecule has 0 unspecified atom stereocenters. The lowest BCUT2D eigenvalue weighted by Gasteiger charge is -2.14. The van der Waals surface area contributed by atoms with Crippen LogP contribution in [0.1, 0.15) is 36.7 Å². The number of methoxy groups -OCH3 is 1. The van der Waals surface area contributed by atoms with Crippen LogP contribution in [0.15, 0.2) is 18.2 Å². The Balaban J connectivity index is 2.65. The maximum absolute atomic E-state index is 6.12. The van der Waals surface area contributed by atoms with Crippen molar-refractivity contribution in [1.82, 2.24) is 9.97 Å². The lowest BCUT2D eigenvalue weighted by Crippen LogP contribution is -2.01. The van der Waals surface area contributed by atoms with E-state index in [1.807, 2.05) is 26.8 Å². The molecule has 0 aliphatic rings. The van der Waals surface area contributed by atoms with Crippen molar-refractivity contribution in [2.75, 3.05) is 7.11 Å². The fourth-order valence-electron chi connectivity index (χ4n) is 2.09. The largest absolute Gasteiger partial charge is 0.496 e. The molecule has 2 aromatic rings. The third-order valence-electron chi connectivity index (χ3n) is 3.39. The van der Waals surface area contributed by atoms with Gasteiger partial charge in [0.2, 0.25) is 0 Å². The average Bonchev–Trinajstić information content (AvgIpc) is 2.40. The molecular formula is C16H19ClN2O.